The second-order valence-corrected chi connectivity index (χ2v) is 6.03. The summed E-state index contributed by atoms with van der Waals surface area (Å²) in [5.41, 5.74) is 3.22. The van der Waals surface area contributed by atoms with Crippen LogP contribution in [-0.2, 0) is 6.54 Å². The zero-order valence-corrected chi connectivity index (χ0v) is 13.8. The zero-order valence-electron chi connectivity index (χ0n) is 13.0. The maximum Gasteiger partial charge on any atom is 0.129 e. The number of benzene rings is 2. The van der Waals surface area contributed by atoms with Crippen molar-refractivity contribution in [1.82, 2.24) is 4.98 Å². The average molecular weight is 327 g/mol. The molecule has 0 atom stereocenters. The van der Waals surface area contributed by atoms with Crippen LogP contribution >= 0.6 is 11.6 Å². The molecule has 4 heteroatoms. The van der Waals surface area contributed by atoms with E-state index in [1.165, 1.54) is 5.56 Å². The molecule has 0 spiro atoms. The molecule has 118 valence electrons. The normalized spacial score (nSPS) is 10.9. The van der Waals surface area contributed by atoms with Crippen molar-refractivity contribution in [1.29, 1.82) is 0 Å². The number of pyridine rings is 1. The lowest BCUT2D eigenvalue weighted by Crippen LogP contribution is -2.27. The first kappa shape index (κ1) is 15.8. The van der Waals surface area contributed by atoms with Gasteiger partial charge in [0, 0.05) is 23.5 Å². The minimum Gasteiger partial charge on any atom is -0.395 e. The van der Waals surface area contributed by atoms with Crippen LogP contribution in [0.5, 0.6) is 0 Å². The number of hydrogen-bond acceptors (Lipinski definition) is 3. The van der Waals surface area contributed by atoms with Crippen molar-refractivity contribution in [3.8, 4) is 0 Å². The topological polar surface area (TPSA) is 36.4 Å². The van der Waals surface area contributed by atoms with E-state index >= 15 is 0 Å². The van der Waals surface area contributed by atoms with Gasteiger partial charge in [-0.3, -0.25) is 0 Å². The number of aliphatic hydroxyl groups is 1. The Morgan fingerprint density at radius 3 is 2.61 bits per heavy atom. The molecule has 0 saturated carbocycles. The number of aromatic nitrogens is 1. The van der Waals surface area contributed by atoms with Crippen LogP contribution in [0.3, 0.4) is 0 Å². The molecule has 3 rings (SSSR count). The van der Waals surface area contributed by atoms with E-state index in [-0.39, 0.29) is 6.61 Å². The van der Waals surface area contributed by atoms with E-state index < -0.39 is 0 Å². The Morgan fingerprint density at radius 2 is 1.87 bits per heavy atom. The summed E-state index contributed by atoms with van der Waals surface area (Å²) >= 11 is 6.10. The highest BCUT2D eigenvalue weighted by atomic mass is 35.5. The first-order valence-corrected chi connectivity index (χ1v) is 8.02. The summed E-state index contributed by atoms with van der Waals surface area (Å²) in [6, 6.07) is 18.0. The summed E-state index contributed by atoms with van der Waals surface area (Å²) < 4.78 is 0. The monoisotopic (exact) mass is 326 g/mol. The number of hydrogen-bond donors (Lipinski definition) is 1. The highest BCUT2D eigenvalue weighted by molar-refractivity contribution is 6.31. The Hall–Kier alpha value is -2.10. The van der Waals surface area contributed by atoms with E-state index in [1.807, 2.05) is 36.4 Å². The van der Waals surface area contributed by atoms with E-state index in [0.29, 0.717) is 18.1 Å². The van der Waals surface area contributed by atoms with E-state index in [4.69, 9.17) is 16.6 Å². The summed E-state index contributed by atoms with van der Waals surface area (Å²) in [6.45, 7) is 3.40. The highest BCUT2D eigenvalue weighted by Crippen LogP contribution is 2.25. The molecule has 0 radical (unpaired) electrons. The predicted octanol–water partition coefficient (Wildman–Crippen LogP) is 4.20. The van der Waals surface area contributed by atoms with Crippen LogP contribution in [0.25, 0.3) is 10.9 Å². The third-order valence-corrected chi connectivity index (χ3v) is 4.11. The fraction of sp³-hybridized carbons (Fsp3) is 0.211. The molecular weight excluding hydrogens is 308 g/mol. The second-order valence-electron chi connectivity index (χ2n) is 5.59. The molecule has 0 unspecified atom stereocenters. The zero-order chi connectivity index (χ0) is 16.2. The van der Waals surface area contributed by atoms with Gasteiger partial charge in [-0.15, -0.1) is 0 Å². The molecule has 0 aliphatic carbocycles. The van der Waals surface area contributed by atoms with Crippen LogP contribution in [0.2, 0.25) is 5.02 Å². The Labute approximate surface area is 141 Å². The average Bonchev–Trinajstić information content (AvgIpc) is 2.55. The van der Waals surface area contributed by atoms with Gasteiger partial charge in [0.05, 0.1) is 12.1 Å². The van der Waals surface area contributed by atoms with Crippen molar-refractivity contribution in [2.24, 2.45) is 0 Å². The molecule has 0 amide bonds. The Balaban J connectivity index is 2.00. The largest absolute Gasteiger partial charge is 0.395 e. The summed E-state index contributed by atoms with van der Waals surface area (Å²) in [5, 5.41) is 11.2. The van der Waals surface area contributed by atoms with Gasteiger partial charge in [-0.1, -0.05) is 48.0 Å². The van der Waals surface area contributed by atoms with Gasteiger partial charge in [-0.25, -0.2) is 4.98 Å². The number of halogens is 1. The van der Waals surface area contributed by atoms with Gasteiger partial charge in [0.15, 0.2) is 0 Å². The summed E-state index contributed by atoms with van der Waals surface area (Å²) in [6.07, 6.45) is 0. The van der Waals surface area contributed by atoms with Gasteiger partial charge in [0.2, 0.25) is 0 Å². The molecule has 0 saturated heterocycles. The molecule has 1 heterocycles. The molecule has 3 nitrogen and oxygen atoms in total. The van der Waals surface area contributed by atoms with Gasteiger partial charge in [-0.2, -0.15) is 0 Å². The molecule has 0 aliphatic rings. The third kappa shape index (κ3) is 3.63. The van der Waals surface area contributed by atoms with Gasteiger partial charge in [-0.05, 0) is 36.2 Å². The summed E-state index contributed by atoms with van der Waals surface area (Å²) in [5.74, 6) is 0.857. The number of fused-ring (bicyclic) bond motifs is 1. The van der Waals surface area contributed by atoms with Crippen molar-refractivity contribution in [3.05, 3.63) is 70.7 Å². The fourth-order valence-electron chi connectivity index (χ4n) is 2.72. The van der Waals surface area contributed by atoms with Crippen LogP contribution in [0.1, 0.15) is 11.1 Å². The van der Waals surface area contributed by atoms with Crippen LogP contribution in [0.15, 0.2) is 54.6 Å². The van der Waals surface area contributed by atoms with Crippen LogP contribution in [0, 0.1) is 6.92 Å². The fourth-order valence-corrected chi connectivity index (χ4v) is 2.89. The lowest BCUT2D eigenvalue weighted by molar-refractivity contribution is 0.301. The SMILES string of the molecule is Cc1cc(N(CCO)Cc2ccccc2)nc2cc(Cl)ccc12. The first-order valence-electron chi connectivity index (χ1n) is 7.64. The maximum absolute atomic E-state index is 9.41. The first-order chi connectivity index (χ1) is 11.2. The van der Waals surface area contributed by atoms with E-state index in [2.05, 4.69) is 30.0 Å². The molecule has 0 fully saturated rings. The van der Waals surface area contributed by atoms with Gasteiger partial charge < -0.3 is 10.0 Å². The van der Waals surface area contributed by atoms with Crippen LogP contribution in [-0.4, -0.2) is 23.2 Å². The lowest BCUT2D eigenvalue weighted by Gasteiger charge is -2.24. The minimum atomic E-state index is 0.0845. The molecular formula is C19H19ClN2O. The smallest absolute Gasteiger partial charge is 0.129 e. The minimum absolute atomic E-state index is 0.0845. The number of aryl methyl sites for hydroxylation is 1. The quantitative estimate of drug-likeness (QED) is 0.763. The number of rotatable bonds is 5. The molecule has 3 aromatic rings. The summed E-state index contributed by atoms with van der Waals surface area (Å²) in [4.78, 5) is 6.83. The summed E-state index contributed by atoms with van der Waals surface area (Å²) in [7, 11) is 0. The second kappa shape index (κ2) is 6.99. The highest BCUT2D eigenvalue weighted by Gasteiger charge is 2.11. The van der Waals surface area contributed by atoms with E-state index in [1.54, 1.807) is 0 Å². The van der Waals surface area contributed by atoms with Crippen molar-refractivity contribution in [2.45, 2.75) is 13.5 Å². The molecule has 23 heavy (non-hydrogen) atoms. The van der Waals surface area contributed by atoms with Crippen molar-refractivity contribution < 1.29 is 5.11 Å². The standard InChI is InChI=1S/C19H19ClN2O/c1-14-11-19(21-18-12-16(20)7-8-17(14)18)22(9-10-23)13-15-5-3-2-4-6-15/h2-8,11-12,23H,9-10,13H2,1H3. The van der Waals surface area contributed by atoms with Gasteiger partial charge in [0.1, 0.15) is 5.82 Å². The van der Waals surface area contributed by atoms with E-state index in [0.717, 1.165) is 22.3 Å². The van der Waals surface area contributed by atoms with E-state index in [9.17, 15) is 5.11 Å². The van der Waals surface area contributed by atoms with Crippen molar-refractivity contribution >= 4 is 28.3 Å². The molecule has 1 aromatic heterocycles. The van der Waals surface area contributed by atoms with Crippen LogP contribution < -0.4 is 4.90 Å². The number of aliphatic hydroxyl groups excluding tert-OH is 1. The lowest BCUT2D eigenvalue weighted by atomic mass is 10.1. The Morgan fingerprint density at radius 1 is 1.09 bits per heavy atom. The Bertz CT molecular complexity index is 805. The predicted molar refractivity (Wildman–Crippen MR) is 96.1 cm³/mol. The van der Waals surface area contributed by atoms with Crippen molar-refractivity contribution in [2.75, 3.05) is 18.1 Å². The molecule has 1 N–H and O–H groups in total. The molecule has 2 aromatic carbocycles. The van der Waals surface area contributed by atoms with Gasteiger partial charge in [0.25, 0.3) is 0 Å². The Kier molecular flexibility index (Phi) is 4.79. The maximum atomic E-state index is 9.41. The number of nitrogens with zero attached hydrogens (tertiary/aromatic N) is 2. The van der Waals surface area contributed by atoms with Gasteiger partial charge >= 0.3 is 0 Å². The van der Waals surface area contributed by atoms with Crippen LogP contribution in [0.4, 0.5) is 5.82 Å². The molecule has 0 aliphatic heterocycles. The third-order valence-electron chi connectivity index (χ3n) is 3.88. The van der Waals surface area contributed by atoms with Crippen molar-refractivity contribution in [3.63, 3.8) is 0 Å². The molecule has 0 bridgehead atoms. The number of anilines is 1.